The Morgan fingerprint density at radius 2 is 2.23 bits per heavy atom. The summed E-state index contributed by atoms with van der Waals surface area (Å²) in [5, 5.41) is 1.66. The van der Waals surface area contributed by atoms with Crippen LogP contribution in [0.2, 0.25) is 13.1 Å². The number of rotatable bonds is 1. The van der Waals surface area contributed by atoms with E-state index in [-0.39, 0.29) is 0 Å². The van der Waals surface area contributed by atoms with Crippen molar-refractivity contribution >= 4 is 8.32 Å². The van der Waals surface area contributed by atoms with Crippen LogP contribution >= 0.6 is 0 Å². The fourth-order valence-electron chi connectivity index (χ4n) is 2.40. The first kappa shape index (κ1) is 9.22. The lowest BCUT2D eigenvalue weighted by atomic mass is 9.94. The highest BCUT2D eigenvalue weighted by Crippen LogP contribution is 2.35. The van der Waals surface area contributed by atoms with Gasteiger partial charge in [0.25, 0.3) is 0 Å². The van der Waals surface area contributed by atoms with E-state index in [9.17, 15) is 0 Å². The zero-order chi connectivity index (χ0) is 9.31. The Bertz CT molecular complexity index is 253. The fourth-order valence-corrected chi connectivity index (χ4v) is 4.89. The molecule has 13 heavy (non-hydrogen) atoms. The van der Waals surface area contributed by atoms with E-state index < -0.39 is 8.32 Å². The van der Waals surface area contributed by atoms with Crippen molar-refractivity contribution in [3.05, 3.63) is 23.4 Å². The van der Waals surface area contributed by atoms with Gasteiger partial charge in [-0.2, -0.15) is 0 Å². The molecule has 72 valence electrons. The summed E-state index contributed by atoms with van der Waals surface area (Å²) in [6.45, 7) is 5.52. The summed E-state index contributed by atoms with van der Waals surface area (Å²) < 4.78 is 5.83. The summed E-state index contributed by atoms with van der Waals surface area (Å²) in [6.07, 6.45) is 10.8. The minimum atomic E-state index is -1.43. The summed E-state index contributed by atoms with van der Waals surface area (Å²) >= 11 is 0. The Hall–Kier alpha value is -0.343. The van der Waals surface area contributed by atoms with Gasteiger partial charge in [-0.05, 0) is 38.3 Å². The molecule has 1 nitrogen and oxygen atoms in total. The molecule has 1 heterocycles. The predicted molar refractivity (Wildman–Crippen MR) is 58.0 cm³/mol. The Morgan fingerprint density at radius 3 is 2.77 bits per heavy atom. The topological polar surface area (TPSA) is 9.23 Å². The molecule has 0 saturated heterocycles. The van der Waals surface area contributed by atoms with E-state index in [4.69, 9.17) is 4.43 Å². The van der Waals surface area contributed by atoms with Gasteiger partial charge in [0.1, 0.15) is 0 Å². The van der Waals surface area contributed by atoms with Gasteiger partial charge in [0, 0.05) is 0 Å². The van der Waals surface area contributed by atoms with Gasteiger partial charge in [-0.3, -0.25) is 0 Å². The van der Waals surface area contributed by atoms with Crippen LogP contribution in [0.1, 0.15) is 19.3 Å². The van der Waals surface area contributed by atoms with Crippen LogP contribution in [-0.4, -0.2) is 14.9 Å². The molecule has 0 aromatic carbocycles. The van der Waals surface area contributed by atoms with E-state index in [0.29, 0.717) is 0 Å². The molecule has 2 rings (SSSR count). The van der Waals surface area contributed by atoms with Gasteiger partial charge in [-0.25, -0.2) is 0 Å². The lowest BCUT2D eigenvalue weighted by molar-refractivity contribution is 0.372. The molecule has 1 atom stereocenters. The zero-order valence-corrected chi connectivity index (χ0v) is 9.55. The maximum absolute atomic E-state index is 5.83. The minimum Gasteiger partial charge on any atom is -0.410 e. The minimum absolute atomic E-state index is 0.800. The lowest BCUT2D eigenvalue weighted by Gasteiger charge is -2.27. The molecule has 2 heteroatoms. The summed E-state index contributed by atoms with van der Waals surface area (Å²) in [5.41, 5.74) is 0. The monoisotopic (exact) mass is 194 g/mol. The van der Waals surface area contributed by atoms with Crippen LogP contribution in [0.15, 0.2) is 23.4 Å². The SMILES string of the molecule is C[Si]1(C)OCC=C1C1CC=CCC1. The van der Waals surface area contributed by atoms with E-state index in [0.717, 1.165) is 12.5 Å². The van der Waals surface area contributed by atoms with Crippen molar-refractivity contribution in [1.29, 1.82) is 0 Å². The summed E-state index contributed by atoms with van der Waals surface area (Å²) in [6, 6.07) is 0. The van der Waals surface area contributed by atoms with Crippen molar-refractivity contribution in [3.63, 3.8) is 0 Å². The molecule has 0 spiro atoms. The lowest BCUT2D eigenvalue weighted by Crippen LogP contribution is -2.33. The third kappa shape index (κ3) is 1.79. The first-order chi connectivity index (χ1) is 6.20. The second-order valence-electron chi connectivity index (χ2n) is 4.46. The van der Waals surface area contributed by atoms with E-state index in [1.807, 2.05) is 0 Å². The molecular formula is C11H18OSi. The van der Waals surface area contributed by atoms with Gasteiger partial charge in [0.2, 0.25) is 8.32 Å². The number of allylic oxidation sites excluding steroid dienone is 3. The third-order valence-electron chi connectivity index (χ3n) is 3.15. The summed E-state index contributed by atoms with van der Waals surface area (Å²) in [5.74, 6) is 0.800. The van der Waals surface area contributed by atoms with Crippen molar-refractivity contribution in [3.8, 4) is 0 Å². The highest BCUT2D eigenvalue weighted by molar-refractivity contribution is 6.79. The molecule has 0 aromatic heterocycles. The molecule has 0 radical (unpaired) electrons. The maximum Gasteiger partial charge on any atom is 0.214 e. The molecular weight excluding hydrogens is 176 g/mol. The zero-order valence-electron chi connectivity index (χ0n) is 8.55. The quantitative estimate of drug-likeness (QED) is 0.460. The van der Waals surface area contributed by atoms with Gasteiger partial charge >= 0.3 is 0 Å². The van der Waals surface area contributed by atoms with Gasteiger partial charge in [0.05, 0.1) is 6.61 Å². The summed E-state index contributed by atoms with van der Waals surface area (Å²) in [7, 11) is -1.43. The highest BCUT2D eigenvalue weighted by atomic mass is 28.4. The average Bonchev–Trinajstić information content (AvgIpc) is 2.47. The van der Waals surface area contributed by atoms with Crippen LogP contribution < -0.4 is 0 Å². The van der Waals surface area contributed by atoms with Gasteiger partial charge in [-0.1, -0.05) is 23.4 Å². The van der Waals surface area contributed by atoms with Crippen LogP contribution in [0.4, 0.5) is 0 Å². The largest absolute Gasteiger partial charge is 0.410 e. The van der Waals surface area contributed by atoms with Crippen LogP contribution in [0.25, 0.3) is 0 Å². The first-order valence-corrected chi connectivity index (χ1v) is 8.10. The molecule has 1 aliphatic carbocycles. The van der Waals surface area contributed by atoms with Crippen molar-refractivity contribution in [2.24, 2.45) is 5.92 Å². The van der Waals surface area contributed by atoms with Gasteiger partial charge in [0.15, 0.2) is 0 Å². The predicted octanol–water partition coefficient (Wildman–Crippen LogP) is 3.04. The molecule has 0 saturated carbocycles. The van der Waals surface area contributed by atoms with Crippen LogP contribution in [0, 0.1) is 5.92 Å². The molecule has 1 aliphatic heterocycles. The third-order valence-corrected chi connectivity index (χ3v) is 6.04. The molecule has 1 unspecified atom stereocenters. The number of hydrogen-bond acceptors (Lipinski definition) is 1. The van der Waals surface area contributed by atoms with E-state index in [2.05, 4.69) is 31.3 Å². The van der Waals surface area contributed by atoms with Crippen LogP contribution in [-0.2, 0) is 4.43 Å². The molecule has 0 aromatic rings. The van der Waals surface area contributed by atoms with Crippen molar-refractivity contribution in [2.45, 2.75) is 32.4 Å². The highest BCUT2D eigenvalue weighted by Gasteiger charge is 2.35. The number of hydrogen-bond donors (Lipinski definition) is 0. The Morgan fingerprint density at radius 1 is 1.38 bits per heavy atom. The average molecular weight is 194 g/mol. The molecule has 0 fully saturated rings. The Balaban J connectivity index is 2.12. The molecule has 0 bridgehead atoms. The van der Waals surface area contributed by atoms with E-state index in [1.165, 1.54) is 19.3 Å². The Kier molecular flexibility index (Phi) is 2.43. The second-order valence-corrected chi connectivity index (χ2v) is 8.35. The van der Waals surface area contributed by atoms with Crippen molar-refractivity contribution < 1.29 is 4.43 Å². The first-order valence-electron chi connectivity index (χ1n) is 5.19. The molecule has 2 aliphatic rings. The van der Waals surface area contributed by atoms with Crippen LogP contribution in [0.5, 0.6) is 0 Å². The van der Waals surface area contributed by atoms with E-state index in [1.54, 1.807) is 5.20 Å². The van der Waals surface area contributed by atoms with Gasteiger partial charge < -0.3 is 4.43 Å². The van der Waals surface area contributed by atoms with Crippen molar-refractivity contribution in [2.75, 3.05) is 6.61 Å². The normalized spacial score (nSPS) is 31.8. The van der Waals surface area contributed by atoms with Crippen LogP contribution in [0.3, 0.4) is 0 Å². The van der Waals surface area contributed by atoms with Crippen molar-refractivity contribution in [1.82, 2.24) is 0 Å². The Labute approximate surface area is 81.6 Å². The fraction of sp³-hybridized carbons (Fsp3) is 0.636. The molecule has 0 N–H and O–H groups in total. The maximum atomic E-state index is 5.83. The second kappa shape index (κ2) is 3.43. The van der Waals surface area contributed by atoms with Gasteiger partial charge in [-0.15, -0.1) is 0 Å². The standard InChI is InChI=1S/C11H18OSi/c1-13(2)11(8-9-12-13)10-6-4-3-5-7-10/h3-4,8,10H,5-7,9H2,1-2H3. The summed E-state index contributed by atoms with van der Waals surface area (Å²) in [4.78, 5) is 0. The van der Waals surface area contributed by atoms with E-state index >= 15 is 0 Å². The molecule has 0 amide bonds. The smallest absolute Gasteiger partial charge is 0.214 e.